The Balaban J connectivity index is 2.49. The zero-order valence-corrected chi connectivity index (χ0v) is 16.1. The van der Waals surface area contributed by atoms with E-state index in [1.807, 2.05) is 0 Å². The molecule has 0 spiro atoms. The van der Waals surface area contributed by atoms with Gasteiger partial charge in [-0.3, -0.25) is 4.79 Å². The van der Waals surface area contributed by atoms with E-state index in [4.69, 9.17) is 0 Å². The summed E-state index contributed by atoms with van der Waals surface area (Å²) in [6.45, 7) is 2.15. The Morgan fingerprint density at radius 3 is 2.33 bits per heavy atom. The molecule has 0 aliphatic heterocycles. The zero-order valence-electron chi connectivity index (χ0n) is 15.3. The van der Waals surface area contributed by atoms with Crippen LogP contribution in [-0.2, 0) is 14.6 Å². The molecule has 2 aromatic rings. The maximum atomic E-state index is 13.7. The predicted octanol–water partition coefficient (Wildman–Crippen LogP) is 2.43. The quantitative estimate of drug-likeness (QED) is 0.754. The number of halogens is 2. The molecule has 2 N–H and O–H groups in total. The highest BCUT2D eigenvalue weighted by Gasteiger charge is 2.22. The molecule has 0 heterocycles. The molecule has 0 aliphatic carbocycles. The first kappa shape index (κ1) is 21.0. The highest BCUT2D eigenvalue weighted by atomic mass is 32.2. The van der Waals surface area contributed by atoms with Crippen LogP contribution in [0.3, 0.4) is 0 Å². The zero-order chi connectivity index (χ0) is 20.2. The molecule has 5 nitrogen and oxygen atoms in total. The molecule has 0 saturated carbocycles. The maximum absolute atomic E-state index is 13.7. The number of amides is 1. The molecule has 27 heavy (non-hydrogen) atoms. The fourth-order valence-corrected chi connectivity index (χ4v) is 3.34. The van der Waals surface area contributed by atoms with Gasteiger partial charge in [0.1, 0.15) is 0 Å². The summed E-state index contributed by atoms with van der Waals surface area (Å²) in [6, 6.07) is 8.53. The SMILES string of the molecule is CNCC(C)C(=O)NC(c1cccc(S(C)(=O)=O)c1)c1ccc(F)c(F)c1. The average molecular weight is 396 g/mol. The van der Waals surface area contributed by atoms with E-state index >= 15 is 0 Å². The minimum atomic E-state index is -3.47. The van der Waals surface area contributed by atoms with Crippen LogP contribution in [0.4, 0.5) is 8.78 Å². The summed E-state index contributed by atoms with van der Waals surface area (Å²) in [6.07, 6.45) is 1.08. The van der Waals surface area contributed by atoms with E-state index < -0.39 is 27.5 Å². The molecule has 2 rings (SSSR count). The van der Waals surface area contributed by atoms with Crippen molar-refractivity contribution in [2.24, 2.45) is 5.92 Å². The van der Waals surface area contributed by atoms with Crippen LogP contribution in [0.1, 0.15) is 24.1 Å². The molecule has 0 aliphatic rings. The monoisotopic (exact) mass is 396 g/mol. The van der Waals surface area contributed by atoms with Crippen molar-refractivity contribution >= 4 is 15.7 Å². The van der Waals surface area contributed by atoms with Gasteiger partial charge in [-0.1, -0.05) is 25.1 Å². The predicted molar refractivity (Wildman–Crippen MR) is 99.0 cm³/mol. The van der Waals surface area contributed by atoms with Crippen molar-refractivity contribution in [1.82, 2.24) is 10.6 Å². The lowest BCUT2D eigenvalue weighted by Crippen LogP contribution is -2.37. The third kappa shape index (κ3) is 5.33. The van der Waals surface area contributed by atoms with E-state index in [0.29, 0.717) is 17.7 Å². The van der Waals surface area contributed by atoms with Crippen LogP contribution in [-0.4, -0.2) is 34.2 Å². The van der Waals surface area contributed by atoms with Crippen molar-refractivity contribution in [3.8, 4) is 0 Å². The second-order valence-electron chi connectivity index (χ2n) is 6.42. The van der Waals surface area contributed by atoms with Gasteiger partial charge in [0, 0.05) is 18.7 Å². The molecule has 0 bridgehead atoms. The molecule has 2 aromatic carbocycles. The van der Waals surface area contributed by atoms with Crippen LogP contribution in [0, 0.1) is 17.6 Å². The minimum Gasteiger partial charge on any atom is -0.345 e. The number of hydrogen-bond donors (Lipinski definition) is 2. The summed E-state index contributed by atoms with van der Waals surface area (Å²) in [5.74, 6) is -2.73. The van der Waals surface area contributed by atoms with Crippen LogP contribution in [0.25, 0.3) is 0 Å². The number of carbonyl (C=O) groups excluding carboxylic acids is 1. The highest BCUT2D eigenvalue weighted by molar-refractivity contribution is 7.90. The molecular weight excluding hydrogens is 374 g/mol. The second kappa shape index (κ2) is 8.58. The van der Waals surface area contributed by atoms with Gasteiger partial charge in [0.15, 0.2) is 21.5 Å². The van der Waals surface area contributed by atoms with Gasteiger partial charge in [-0.2, -0.15) is 0 Å². The van der Waals surface area contributed by atoms with E-state index in [-0.39, 0.29) is 16.7 Å². The number of sulfone groups is 1. The molecular formula is C19H22F2N2O3S. The first-order chi connectivity index (χ1) is 12.6. The van der Waals surface area contributed by atoms with Gasteiger partial charge < -0.3 is 10.6 Å². The fourth-order valence-electron chi connectivity index (χ4n) is 2.66. The van der Waals surface area contributed by atoms with Crippen LogP contribution in [0.5, 0.6) is 0 Å². The van der Waals surface area contributed by atoms with Crippen LogP contribution < -0.4 is 10.6 Å². The highest BCUT2D eigenvalue weighted by Crippen LogP contribution is 2.26. The number of rotatable bonds is 7. The second-order valence-corrected chi connectivity index (χ2v) is 8.43. The third-order valence-electron chi connectivity index (χ3n) is 4.14. The van der Waals surface area contributed by atoms with E-state index in [2.05, 4.69) is 10.6 Å². The number of carbonyl (C=O) groups is 1. The van der Waals surface area contributed by atoms with E-state index in [1.165, 1.54) is 18.2 Å². The summed E-state index contributed by atoms with van der Waals surface area (Å²) < 4.78 is 50.8. The van der Waals surface area contributed by atoms with E-state index in [9.17, 15) is 22.0 Å². The van der Waals surface area contributed by atoms with Crippen molar-refractivity contribution in [2.75, 3.05) is 19.8 Å². The third-order valence-corrected chi connectivity index (χ3v) is 5.25. The molecule has 1 amide bonds. The van der Waals surface area contributed by atoms with Gasteiger partial charge in [-0.05, 0) is 42.4 Å². The van der Waals surface area contributed by atoms with E-state index in [0.717, 1.165) is 18.4 Å². The van der Waals surface area contributed by atoms with Gasteiger partial charge in [0.25, 0.3) is 0 Å². The number of nitrogens with one attached hydrogen (secondary N) is 2. The van der Waals surface area contributed by atoms with Crippen molar-refractivity contribution in [1.29, 1.82) is 0 Å². The summed E-state index contributed by atoms with van der Waals surface area (Å²) in [5, 5.41) is 5.69. The largest absolute Gasteiger partial charge is 0.345 e. The molecule has 146 valence electrons. The lowest BCUT2D eigenvalue weighted by atomic mass is 9.97. The fraction of sp³-hybridized carbons (Fsp3) is 0.316. The Morgan fingerprint density at radius 2 is 1.74 bits per heavy atom. The Labute approximate surface area is 157 Å². The Kier molecular flexibility index (Phi) is 6.67. The summed E-state index contributed by atoms with van der Waals surface area (Å²) in [4.78, 5) is 12.6. The topological polar surface area (TPSA) is 75.3 Å². The van der Waals surface area contributed by atoms with E-state index in [1.54, 1.807) is 26.1 Å². The Bertz CT molecular complexity index is 932. The van der Waals surface area contributed by atoms with Crippen molar-refractivity contribution in [3.05, 3.63) is 65.2 Å². The van der Waals surface area contributed by atoms with Crippen molar-refractivity contribution in [3.63, 3.8) is 0 Å². The lowest BCUT2D eigenvalue weighted by molar-refractivity contribution is -0.124. The molecule has 0 saturated heterocycles. The standard InChI is InChI=1S/C19H22F2N2O3S/c1-12(11-22-2)19(24)23-18(14-7-8-16(20)17(21)10-14)13-5-4-6-15(9-13)27(3,25)26/h4-10,12,18,22H,11H2,1-3H3,(H,23,24). The van der Waals surface area contributed by atoms with Crippen LogP contribution in [0.15, 0.2) is 47.4 Å². The lowest BCUT2D eigenvalue weighted by Gasteiger charge is -2.22. The summed E-state index contributed by atoms with van der Waals surface area (Å²) >= 11 is 0. The smallest absolute Gasteiger partial charge is 0.224 e. The molecule has 0 aromatic heterocycles. The van der Waals surface area contributed by atoms with Crippen molar-refractivity contribution in [2.45, 2.75) is 17.9 Å². The van der Waals surface area contributed by atoms with Gasteiger partial charge >= 0.3 is 0 Å². The molecule has 8 heteroatoms. The molecule has 2 unspecified atom stereocenters. The minimum absolute atomic E-state index is 0.0742. The first-order valence-electron chi connectivity index (χ1n) is 8.33. The van der Waals surface area contributed by atoms with Gasteiger partial charge in [-0.25, -0.2) is 17.2 Å². The van der Waals surface area contributed by atoms with Crippen LogP contribution in [0.2, 0.25) is 0 Å². The summed E-state index contributed by atoms with van der Waals surface area (Å²) in [7, 11) is -1.75. The van der Waals surface area contributed by atoms with Gasteiger partial charge in [-0.15, -0.1) is 0 Å². The van der Waals surface area contributed by atoms with Crippen molar-refractivity contribution < 1.29 is 22.0 Å². The summed E-state index contributed by atoms with van der Waals surface area (Å²) in [5.41, 5.74) is 0.762. The Morgan fingerprint density at radius 1 is 1.07 bits per heavy atom. The Hall–Kier alpha value is -2.32. The molecule has 2 atom stereocenters. The number of benzene rings is 2. The maximum Gasteiger partial charge on any atom is 0.224 e. The normalized spacial score (nSPS) is 13.8. The van der Waals surface area contributed by atoms with Crippen LogP contribution >= 0.6 is 0 Å². The average Bonchev–Trinajstić information content (AvgIpc) is 2.61. The van der Waals surface area contributed by atoms with Gasteiger partial charge in [0.05, 0.1) is 10.9 Å². The van der Waals surface area contributed by atoms with Gasteiger partial charge in [0.2, 0.25) is 5.91 Å². The first-order valence-corrected chi connectivity index (χ1v) is 10.2. The number of hydrogen-bond acceptors (Lipinski definition) is 4. The molecule has 0 fully saturated rings. The molecule has 0 radical (unpaired) electrons.